The van der Waals surface area contributed by atoms with Crippen LogP contribution in [-0.4, -0.2) is 20.0 Å². The van der Waals surface area contributed by atoms with E-state index in [-0.39, 0.29) is 5.78 Å². The molecule has 0 heterocycles. The number of methoxy groups -OCH3 is 2. The van der Waals surface area contributed by atoms with Gasteiger partial charge in [-0.25, -0.2) is 0 Å². The van der Waals surface area contributed by atoms with Gasteiger partial charge in [-0.3, -0.25) is 4.79 Å². The van der Waals surface area contributed by atoms with Crippen LogP contribution < -0.4 is 9.47 Å². The molecule has 29 heavy (non-hydrogen) atoms. The molecule has 3 aromatic rings. The molecule has 0 aliphatic heterocycles. The van der Waals surface area contributed by atoms with Gasteiger partial charge in [-0.05, 0) is 77.7 Å². The monoisotopic (exact) mass is 449 g/mol. The molecule has 5 heteroatoms. The van der Waals surface area contributed by atoms with E-state index in [1.165, 1.54) is 0 Å². The lowest BCUT2D eigenvalue weighted by molar-refractivity contribution is 0.103. The van der Waals surface area contributed by atoms with Gasteiger partial charge in [-0.2, -0.15) is 5.26 Å². The molecule has 0 atom stereocenters. The number of hydrogen-bond acceptors (Lipinski definition) is 4. The first-order chi connectivity index (χ1) is 14.0. The highest BCUT2D eigenvalue weighted by Crippen LogP contribution is 2.36. The number of nitriles is 1. The zero-order chi connectivity index (χ0) is 21.0. The minimum absolute atomic E-state index is 0.143. The molecule has 3 rings (SSSR count). The Labute approximate surface area is 178 Å². The molecule has 0 aliphatic carbocycles. The predicted octanol–water partition coefficient (Wildman–Crippen LogP) is 5.68. The maximum atomic E-state index is 13.4. The summed E-state index contributed by atoms with van der Waals surface area (Å²) >= 11 is 3.55. The van der Waals surface area contributed by atoms with Crippen molar-refractivity contribution in [2.75, 3.05) is 14.2 Å². The molecular weight excluding hydrogens is 430 g/mol. The van der Waals surface area contributed by atoms with Crippen LogP contribution in [0.5, 0.6) is 11.5 Å². The molecule has 0 unspecified atom stereocenters. The Morgan fingerprint density at radius 1 is 1.00 bits per heavy atom. The van der Waals surface area contributed by atoms with Crippen molar-refractivity contribution in [3.8, 4) is 28.7 Å². The fourth-order valence-corrected chi connectivity index (χ4v) is 3.79. The van der Waals surface area contributed by atoms with E-state index in [0.29, 0.717) is 27.8 Å². The number of carbonyl (C=O) groups excluding carboxylic acids is 1. The van der Waals surface area contributed by atoms with E-state index in [0.717, 1.165) is 28.0 Å². The summed E-state index contributed by atoms with van der Waals surface area (Å²) in [5, 5.41) is 9.97. The summed E-state index contributed by atoms with van der Waals surface area (Å²) in [6, 6.07) is 18.2. The molecule has 0 saturated heterocycles. The van der Waals surface area contributed by atoms with Gasteiger partial charge in [0.15, 0.2) is 5.78 Å². The summed E-state index contributed by atoms with van der Waals surface area (Å²) in [7, 11) is 3.21. The van der Waals surface area contributed by atoms with E-state index in [4.69, 9.17) is 9.47 Å². The number of ketones is 1. The number of rotatable bonds is 6. The summed E-state index contributed by atoms with van der Waals surface area (Å²) in [6.07, 6.45) is 0. The third-order valence-electron chi connectivity index (χ3n) is 4.79. The van der Waals surface area contributed by atoms with Crippen LogP contribution >= 0.6 is 15.9 Å². The molecule has 0 fully saturated rings. The lowest BCUT2D eigenvalue weighted by Gasteiger charge is -2.17. The number of hydrogen-bond donors (Lipinski definition) is 0. The van der Waals surface area contributed by atoms with Gasteiger partial charge in [0.25, 0.3) is 0 Å². The van der Waals surface area contributed by atoms with Gasteiger partial charge in [-0.1, -0.05) is 22.0 Å². The standard InChI is InChI=1S/C24H20BrNO3/c1-15-10-20(29-3)12-18(13-25)23(15)21-9-4-16(14-26)11-22(21)24(27)17-5-7-19(28-2)8-6-17/h4-12H,13H2,1-3H3. The Balaban J connectivity index is 2.21. The average Bonchev–Trinajstić information content (AvgIpc) is 2.77. The zero-order valence-electron chi connectivity index (χ0n) is 16.5. The second-order valence-electron chi connectivity index (χ2n) is 6.54. The third-order valence-corrected chi connectivity index (χ3v) is 5.39. The smallest absolute Gasteiger partial charge is 0.193 e. The molecule has 0 amide bonds. The van der Waals surface area contributed by atoms with Crippen LogP contribution in [0, 0.1) is 18.3 Å². The Kier molecular flexibility index (Phi) is 6.36. The van der Waals surface area contributed by atoms with Gasteiger partial charge >= 0.3 is 0 Å². The van der Waals surface area contributed by atoms with Crippen LogP contribution in [0.15, 0.2) is 54.6 Å². The Morgan fingerprint density at radius 3 is 2.28 bits per heavy atom. The van der Waals surface area contributed by atoms with Gasteiger partial charge in [0.1, 0.15) is 11.5 Å². The highest BCUT2D eigenvalue weighted by atomic mass is 79.9. The number of nitrogens with zero attached hydrogens (tertiary/aromatic N) is 1. The minimum Gasteiger partial charge on any atom is -0.497 e. The van der Waals surface area contributed by atoms with Crippen molar-refractivity contribution in [1.82, 2.24) is 0 Å². The number of halogens is 1. The average molecular weight is 450 g/mol. The van der Waals surface area contributed by atoms with E-state index in [1.807, 2.05) is 25.1 Å². The van der Waals surface area contributed by atoms with E-state index in [2.05, 4.69) is 22.0 Å². The van der Waals surface area contributed by atoms with Crippen molar-refractivity contribution in [3.63, 3.8) is 0 Å². The quantitative estimate of drug-likeness (QED) is 0.358. The van der Waals surface area contributed by atoms with Crippen LogP contribution in [0.4, 0.5) is 0 Å². The molecule has 0 aromatic heterocycles. The summed E-state index contributed by atoms with van der Waals surface area (Å²) in [4.78, 5) is 13.4. The van der Waals surface area contributed by atoms with E-state index in [1.54, 1.807) is 50.6 Å². The van der Waals surface area contributed by atoms with E-state index >= 15 is 0 Å². The van der Waals surface area contributed by atoms with Crippen molar-refractivity contribution in [2.24, 2.45) is 0 Å². The fourth-order valence-electron chi connectivity index (χ4n) is 3.35. The number of alkyl halides is 1. The number of aryl methyl sites for hydroxylation is 1. The van der Waals surface area contributed by atoms with Crippen LogP contribution in [0.3, 0.4) is 0 Å². The first kappa shape index (κ1) is 20.6. The van der Waals surface area contributed by atoms with Crippen molar-refractivity contribution in [3.05, 3.63) is 82.4 Å². The van der Waals surface area contributed by atoms with Gasteiger partial charge in [0.05, 0.1) is 25.9 Å². The van der Waals surface area contributed by atoms with E-state index < -0.39 is 0 Å². The topological polar surface area (TPSA) is 59.3 Å². The molecule has 0 aliphatic rings. The Hall–Kier alpha value is -3.10. The van der Waals surface area contributed by atoms with Crippen molar-refractivity contribution < 1.29 is 14.3 Å². The molecule has 0 spiro atoms. The molecule has 146 valence electrons. The molecule has 0 bridgehead atoms. The van der Waals surface area contributed by atoms with E-state index in [9.17, 15) is 10.1 Å². The maximum absolute atomic E-state index is 13.4. The van der Waals surface area contributed by atoms with Gasteiger partial charge in [-0.15, -0.1) is 0 Å². The SMILES string of the molecule is COc1ccc(C(=O)c2cc(C#N)ccc2-c2c(C)cc(OC)cc2CBr)cc1. The van der Waals surface area contributed by atoms with Crippen molar-refractivity contribution in [1.29, 1.82) is 5.26 Å². The Bertz CT molecular complexity index is 1100. The van der Waals surface area contributed by atoms with Crippen molar-refractivity contribution >= 4 is 21.7 Å². The fraction of sp³-hybridized carbons (Fsp3) is 0.167. The summed E-state index contributed by atoms with van der Waals surface area (Å²) in [5.41, 5.74) is 5.22. The molecule has 3 aromatic carbocycles. The van der Waals surface area contributed by atoms with Crippen LogP contribution in [0.1, 0.15) is 32.6 Å². The molecule has 0 radical (unpaired) electrons. The number of benzene rings is 3. The first-order valence-corrected chi connectivity index (χ1v) is 10.1. The summed E-state index contributed by atoms with van der Waals surface area (Å²) < 4.78 is 10.6. The molecular formula is C24H20BrNO3. The largest absolute Gasteiger partial charge is 0.497 e. The zero-order valence-corrected chi connectivity index (χ0v) is 18.0. The lowest BCUT2D eigenvalue weighted by Crippen LogP contribution is -2.06. The minimum atomic E-state index is -0.143. The normalized spacial score (nSPS) is 10.3. The molecule has 0 saturated carbocycles. The van der Waals surface area contributed by atoms with Crippen molar-refractivity contribution in [2.45, 2.75) is 12.3 Å². The molecule has 0 N–H and O–H groups in total. The first-order valence-electron chi connectivity index (χ1n) is 8.99. The van der Waals surface area contributed by atoms with Gasteiger partial charge in [0, 0.05) is 16.5 Å². The molecule has 4 nitrogen and oxygen atoms in total. The number of carbonyl (C=O) groups is 1. The lowest BCUT2D eigenvalue weighted by atomic mass is 9.88. The summed E-state index contributed by atoms with van der Waals surface area (Å²) in [6.45, 7) is 1.99. The van der Waals surface area contributed by atoms with Crippen LogP contribution in [0.2, 0.25) is 0 Å². The van der Waals surface area contributed by atoms with Gasteiger partial charge < -0.3 is 9.47 Å². The highest BCUT2D eigenvalue weighted by molar-refractivity contribution is 9.08. The number of ether oxygens (including phenoxy) is 2. The van der Waals surface area contributed by atoms with Crippen LogP contribution in [0.25, 0.3) is 11.1 Å². The predicted molar refractivity (Wildman–Crippen MR) is 117 cm³/mol. The van der Waals surface area contributed by atoms with Crippen LogP contribution in [-0.2, 0) is 5.33 Å². The van der Waals surface area contributed by atoms with Gasteiger partial charge in [0.2, 0.25) is 0 Å². The highest BCUT2D eigenvalue weighted by Gasteiger charge is 2.20. The third kappa shape index (κ3) is 4.18. The summed E-state index contributed by atoms with van der Waals surface area (Å²) in [5.74, 6) is 1.30. The Morgan fingerprint density at radius 2 is 1.69 bits per heavy atom. The maximum Gasteiger partial charge on any atom is 0.193 e. The second kappa shape index (κ2) is 8.93. The second-order valence-corrected chi connectivity index (χ2v) is 7.10.